The Morgan fingerprint density at radius 2 is 1.59 bits per heavy atom. The minimum atomic E-state index is -0.214. The highest BCUT2D eigenvalue weighted by molar-refractivity contribution is 6.32. The predicted molar refractivity (Wildman–Crippen MR) is 90.4 cm³/mol. The standard InChI is InChI=1S/C19H18ClNO/c20-17-7-3-1-5-14(17)16-13-19(9-11-21-12-10-19)22-18-8-4-2-6-15(16)18/h1-8,13,21H,9-12H2. The van der Waals surface area contributed by atoms with Crippen LogP contribution in [0.5, 0.6) is 5.75 Å². The van der Waals surface area contributed by atoms with Gasteiger partial charge >= 0.3 is 0 Å². The van der Waals surface area contributed by atoms with Gasteiger partial charge in [0.2, 0.25) is 0 Å². The molecule has 112 valence electrons. The average Bonchev–Trinajstić information content (AvgIpc) is 2.55. The fourth-order valence-corrected chi connectivity index (χ4v) is 3.60. The fraction of sp³-hybridized carbons (Fsp3) is 0.263. The third-order valence-electron chi connectivity index (χ3n) is 4.51. The maximum absolute atomic E-state index is 6.46. The highest BCUT2D eigenvalue weighted by atomic mass is 35.5. The number of piperidine rings is 1. The summed E-state index contributed by atoms with van der Waals surface area (Å²) in [5.41, 5.74) is 3.18. The molecule has 3 heteroatoms. The molecule has 0 unspecified atom stereocenters. The number of hydrogen-bond acceptors (Lipinski definition) is 2. The molecule has 0 amide bonds. The molecule has 2 aliphatic rings. The summed E-state index contributed by atoms with van der Waals surface area (Å²) in [5.74, 6) is 0.960. The second kappa shape index (κ2) is 5.45. The van der Waals surface area contributed by atoms with Gasteiger partial charge in [-0.2, -0.15) is 0 Å². The van der Waals surface area contributed by atoms with E-state index >= 15 is 0 Å². The van der Waals surface area contributed by atoms with Crippen LogP contribution in [0.3, 0.4) is 0 Å². The molecule has 22 heavy (non-hydrogen) atoms. The van der Waals surface area contributed by atoms with Crippen molar-refractivity contribution in [3.05, 3.63) is 70.8 Å². The van der Waals surface area contributed by atoms with Crippen LogP contribution < -0.4 is 10.1 Å². The summed E-state index contributed by atoms with van der Waals surface area (Å²) < 4.78 is 6.39. The molecule has 1 N–H and O–H groups in total. The van der Waals surface area contributed by atoms with E-state index in [1.54, 1.807) is 0 Å². The third-order valence-corrected chi connectivity index (χ3v) is 4.84. The lowest BCUT2D eigenvalue weighted by Crippen LogP contribution is -2.46. The van der Waals surface area contributed by atoms with Crippen molar-refractivity contribution < 1.29 is 4.74 Å². The summed E-state index contributed by atoms with van der Waals surface area (Å²) >= 11 is 6.46. The van der Waals surface area contributed by atoms with E-state index in [0.29, 0.717) is 0 Å². The van der Waals surface area contributed by atoms with Gasteiger partial charge in [-0.1, -0.05) is 48.0 Å². The Morgan fingerprint density at radius 1 is 0.909 bits per heavy atom. The van der Waals surface area contributed by atoms with Crippen molar-refractivity contribution in [3.63, 3.8) is 0 Å². The zero-order valence-corrected chi connectivity index (χ0v) is 13.1. The van der Waals surface area contributed by atoms with E-state index in [9.17, 15) is 0 Å². The van der Waals surface area contributed by atoms with Gasteiger partial charge in [0.25, 0.3) is 0 Å². The largest absolute Gasteiger partial charge is 0.482 e. The minimum Gasteiger partial charge on any atom is -0.482 e. The molecule has 0 radical (unpaired) electrons. The van der Waals surface area contributed by atoms with E-state index in [0.717, 1.165) is 47.8 Å². The number of rotatable bonds is 1. The molecule has 1 fully saturated rings. The highest BCUT2D eigenvalue weighted by Crippen LogP contribution is 2.43. The third kappa shape index (κ3) is 2.33. The van der Waals surface area contributed by atoms with Crippen LogP contribution >= 0.6 is 11.6 Å². The normalized spacial score (nSPS) is 19.2. The number of fused-ring (bicyclic) bond motifs is 1. The molecule has 4 rings (SSSR count). The number of ether oxygens (including phenoxy) is 1. The van der Waals surface area contributed by atoms with E-state index in [2.05, 4.69) is 29.6 Å². The molecule has 0 aliphatic carbocycles. The summed E-state index contributed by atoms with van der Waals surface area (Å²) in [4.78, 5) is 0. The molecule has 1 spiro atoms. The number of benzene rings is 2. The molecular formula is C19H18ClNO. The Labute approximate surface area is 135 Å². The van der Waals surface area contributed by atoms with Gasteiger partial charge in [0.1, 0.15) is 11.4 Å². The molecule has 0 aromatic heterocycles. The quantitative estimate of drug-likeness (QED) is 0.848. The molecule has 1 saturated heterocycles. The molecule has 2 aromatic carbocycles. The zero-order chi connectivity index (χ0) is 15.0. The molecule has 2 heterocycles. The van der Waals surface area contributed by atoms with Gasteiger partial charge in [0.05, 0.1) is 0 Å². The molecule has 0 atom stereocenters. The van der Waals surface area contributed by atoms with Crippen molar-refractivity contribution in [1.82, 2.24) is 5.32 Å². The van der Waals surface area contributed by atoms with Crippen LogP contribution in [0, 0.1) is 0 Å². The van der Waals surface area contributed by atoms with E-state index < -0.39 is 0 Å². The summed E-state index contributed by atoms with van der Waals surface area (Å²) in [6, 6.07) is 16.3. The van der Waals surface area contributed by atoms with Gasteiger partial charge in [-0.25, -0.2) is 0 Å². The van der Waals surface area contributed by atoms with Crippen molar-refractivity contribution in [1.29, 1.82) is 0 Å². The molecule has 0 saturated carbocycles. The molecule has 2 aliphatic heterocycles. The smallest absolute Gasteiger partial charge is 0.130 e. The van der Waals surface area contributed by atoms with Crippen LogP contribution in [0.1, 0.15) is 24.0 Å². The second-order valence-corrected chi connectivity index (χ2v) is 6.36. The van der Waals surface area contributed by atoms with Crippen LogP contribution in [0.4, 0.5) is 0 Å². The summed E-state index contributed by atoms with van der Waals surface area (Å²) in [5, 5.41) is 4.20. The minimum absolute atomic E-state index is 0.214. The first-order valence-electron chi connectivity index (χ1n) is 7.74. The Hall–Kier alpha value is -1.77. The van der Waals surface area contributed by atoms with Crippen molar-refractivity contribution in [2.24, 2.45) is 0 Å². The van der Waals surface area contributed by atoms with Gasteiger partial charge in [0, 0.05) is 29.0 Å². The number of para-hydroxylation sites is 1. The van der Waals surface area contributed by atoms with Crippen LogP contribution in [0.25, 0.3) is 5.57 Å². The van der Waals surface area contributed by atoms with Crippen molar-refractivity contribution >= 4 is 17.2 Å². The Morgan fingerprint density at radius 3 is 2.36 bits per heavy atom. The van der Waals surface area contributed by atoms with Crippen LogP contribution in [0.2, 0.25) is 5.02 Å². The fourth-order valence-electron chi connectivity index (χ4n) is 3.37. The SMILES string of the molecule is Clc1ccccc1C1=CC2(CCNCC2)Oc2ccccc21. The van der Waals surface area contributed by atoms with E-state index in [4.69, 9.17) is 16.3 Å². The van der Waals surface area contributed by atoms with Gasteiger partial charge in [0.15, 0.2) is 0 Å². The predicted octanol–water partition coefficient (Wildman–Crippen LogP) is 4.29. The summed E-state index contributed by atoms with van der Waals surface area (Å²) in [7, 11) is 0. The van der Waals surface area contributed by atoms with E-state index in [1.165, 1.54) is 5.57 Å². The zero-order valence-electron chi connectivity index (χ0n) is 12.3. The topological polar surface area (TPSA) is 21.3 Å². The average molecular weight is 312 g/mol. The van der Waals surface area contributed by atoms with Crippen LogP contribution in [-0.4, -0.2) is 18.7 Å². The lowest BCUT2D eigenvalue weighted by molar-refractivity contribution is 0.0817. The molecule has 0 bridgehead atoms. The lowest BCUT2D eigenvalue weighted by atomic mass is 9.83. The summed E-state index contributed by atoms with van der Waals surface area (Å²) in [6.07, 6.45) is 4.25. The number of nitrogens with one attached hydrogen (secondary N) is 1. The van der Waals surface area contributed by atoms with Gasteiger partial charge in [-0.3, -0.25) is 0 Å². The van der Waals surface area contributed by atoms with Crippen LogP contribution in [0.15, 0.2) is 54.6 Å². The summed E-state index contributed by atoms with van der Waals surface area (Å²) in [6.45, 7) is 1.96. The highest BCUT2D eigenvalue weighted by Gasteiger charge is 2.37. The maximum atomic E-state index is 6.46. The first-order valence-corrected chi connectivity index (χ1v) is 8.12. The monoisotopic (exact) mass is 311 g/mol. The first kappa shape index (κ1) is 13.9. The molecule has 2 aromatic rings. The van der Waals surface area contributed by atoms with Crippen molar-refractivity contribution in [2.45, 2.75) is 18.4 Å². The van der Waals surface area contributed by atoms with Crippen molar-refractivity contribution in [2.75, 3.05) is 13.1 Å². The van der Waals surface area contributed by atoms with Gasteiger partial charge in [-0.15, -0.1) is 0 Å². The van der Waals surface area contributed by atoms with Gasteiger partial charge in [-0.05, 0) is 36.9 Å². The van der Waals surface area contributed by atoms with Crippen molar-refractivity contribution in [3.8, 4) is 5.75 Å². The van der Waals surface area contributed by atoms with Crippen LogP contribution in [-0.2, 0) is 0 Å². The Kier molecular flexibility index (Phi) is 3.44. The lowest BCUT2D eigenvalue weighted by Gasteiger charge is -2.40. The number of halogens is 1. The molecule has 2 nitrogen and oxygen atoms in total. The molecular weight excluding hydrogens is 294 g/mol. The Bertz CT molecular complexity index is 732. The maximum Gasteiger partial charge on any atom is 0.130 e. The van der Waals surface area contributed by atoms with Gasteiger partial charge < -0.3 is 10.1 Å². The van der Waals surface area contributed by atoms with E-state index in [-0.39, 0.29) is 5.60 Å². The Balaban J connectivity index is 1.90. The van der Waals surface area contributed by atoms with E-state index in [1.807, 2.05) is 30.3 Å². The number of hydrogen-bond donors (Lipinski definition) is 1. The second-order valence-electron chi connectivity index (χ2n) is 5.95. The first-order chi connectivity index (χ1) is 10.8.